The van der Waals surface area contributed by atoms with Crippen molar-refractivity contribution in [1.82, 2.24) is 0 Å². The van der Waals surface area contributed by atoms with Crippen molar-refractivity contribution in [3.05, 3.63) is 45.3 Å². The van der Waals surface area contributed by atoms with Gasteiger partial charge >= 0.3 is 0 Å². The SMILES string of the molecule is OC(CC1CCCCC1)c1cc2c(Cl)cc(Cl)cc2c2ccsc12. The normalized spacial score (nSPS) is 17.6. The summed E-state index contributed by atoms with van der Waals surface area (Å²) >= 11 is 14.3. The largest absolute Gasteiger partial charge is 0.388 e. The number of hydrogen-bond acceptors (Lipinski definition) is 2. The molecule has 1 heterocycles. The Balaban J connectivity index is 1.80. The lowest BCUT2D eigenvalue weighted by molar-refractivity contribution is 0.133. The molecule has 2 aromatic carbocycles. The standard InChI is InChI=1S/C20H20Cl2OS/c21-13-9-15-14-6-7-24-20(14)17(11-16(15)18(22)10-13)19(23)8-12-4-2-1-3-5-12/h6-7,9-12,19,23H,1-5,8H2. The maximum Gasteiger partial charge on any atom is 0.0806 e. The molecule has 1 atom stereocenters. The highest BCUT2D eigenvalue weighted by Crippen LogP contribution is 2.41. The Morgan fingerprint density at radius 1 is 1.04 bits per heavy atom. The minimum Gasteiger partial charge on any atom is -0.388 e. The van der Waals surface area contributed by atoms with E-state index in [9.17, 15) is 5.11 Å². The molecule has 1 N–H and O–H groups in total. The zero-order valence-corrected chi connectivity index (χ0v) is 15.7. The molecule has 1 aliphatic carbocycles. The maximum atomic E-state index is 10.9. The second-order valence-electron chi connectivity index (χ2n) is 6.87. The van der Waals surface area contributed by atoms with Gasteiger partial charge in [-0.2, -0.15) is 0 Å². The van der Waals surface area contributed by atoms with Gasteiger partial charge < -0.3 is 5.11 Å². The van der Waals surface area contributed by atoms with Gasteiger partial charge in [0.05, 0.1) is 6.10 Å². The van der Waals surface area contributed by atoms with Crippen molar-refractivity contribution in [2.24, 2.45) is 5.92 Å². The van der Waals surface area contributed by atoms with Crippen LogP contribution in [0.15, 0.2) is 29.6 Å². The average molecular weight is 379 g/mol. The number of hydrogen-bond donors (Lipinski definition) is 1. The monoisotopic (exact) mass is 378 g/mol. The van der Waals surface area contributed by atoms with Crippen LogP contribution in [0.3, 0.4) is 0 Å². The van der Waals surface area contributed by atoms with Crippen LogP contribution in [0.4, 0.5) is 0 Å². The van der Waals surface area contributed by atoms with E-state index in [0.717, 1.165) is 32.8 Å². The number of halogens is 2. The summed E-state index contributed by atoms with van der Waals surface area (Å²) in [5, 5.41) is 17.5. The zero-order chi connectivity index (χ0) is 16.7. The van der Waals surface area contributed by atoms with Gasteiger partial charge in [-0.25, -0.2) is 0 Å². The molecule has 0 amide bonds. The van der Waals surface area contributed by atoms with Crippen molar-refractivity contribution in [3.63, 3.8) is 0 Å². The molecule has 0 spiro atoms. The van der Waals surface area contributed by atoms with E-state index in [-0.39, 0.29) is 0 Å². The lowest BCUT2D eigenvalue weighted by atomic mass is 9.84. The molecule has 3 aromatic rings. The van der Waals surface area contributed by atoms with E-state index in [0.29, 0.717) is 16.0 Å². The lowest BCUT2D eigenvalue weighted by Gasteiger charge is -2.24. The Hall–Kier alpha value is -0.800. The van der Waals surface area contributed by atoms with Crippen LogP contribution >= 0.6 is 34.5 Å². The van der Waals surface area contributed by atoms with Crippen molar-refractivity contribution >= 4 is 55.4 Å². The van der Waals surface area contributed by atoms with Crippen molar-refractivity contribution in [1.29, 1.82) is 0 Å². The van der Waals surface area contributed by atoms with Crippen LogP contribution in [-0.4, -0.2) is 5.11 Å². The summed E-state index contributed by atoms with van der Waals surface area (Å²) in [6, 6.07) is 7.92. The van der Waals surface area contributed by atoms with Crippen LogP contribution in [0, 0.1) is 5.92 Å². The highest BCUT2D eigenvalue weighted by Gasteiger charge is 2.22. The van der Waals surface area contributed by atoms with E-state index in [1.54, 1.807) is 17.4 Å². The number of benzene rings is 2. The third kappa shape index (κ3) is 3.06. The van der Waals surface area contributed by atoms with E-state index in [2.05, 4.69) is 17.5 Å². The molecule has 24 heavy (non-hydrogen) atoms. The molecule has 4 heteroatoms. The van der Waals surface area contributed by atoms with Crippen LogP contribution in [0.5, 0.6) is 0 Å². The van der Waals surface area contributed by atoms with Gasteiger partial charge in [-0.3, -0.25) is 0 Å². The van der Waals surface area contributed by atoms with Crippen molar-refractivity contribution in [3.8, 4) is 0 Å². The Morgan fingerprint density at radius 3 is 2.62 bits per heavy atom. The summed E-state index contributed by atoms with van der Waals surface area (Å²) < 4.78 is 1.16. The quantitative estimate of drug-likeness (QED) is 0.504. The molecule has 0 saturated heterocycles. The van der Waals surface area contributed by atoms with Crippen molar-refractivity contribution < 1.29 is 5.11 Å². The van der Waals surface area contributed by atoms with Crippen LogP contribution in [0.1, 0.15) is 50.2 Å². The van der Waals surface area contributed by atoms with E-state index in [4.69, 9.17) is 23.2 Å². The highest BCUT2D eigenvalue weighted by atomic mass is 35.5. The topological polar surface area (TPSA) is 20.2 Å². The zero-order valence-electron chi connectivity index (χ0n) is 13.4. The number of thiophene rings is 1. The number of rotatable bonds is 3. The summed E-state index contributed by atoms with van der Waals surface area (Å²) in [6.45, 7) is 0. The van der Waals surface area contributed by atoms with E-state index in [1.165, 1.54) is 32.1 Å². The van der Waals surface area contributed by atoms with Crippen LogP contribution in [-0.2, 0) is 0 Å². The summed E-state index contributed by atoms with van der Waals surface area (Å²) in [7, 11) is 0. The Kier molecular flexibility index (Phi) is 4.75. The van der Waals surface area contributed by atoms with Crippen LogP contribution in [0.25, 0.3) is 20.9 Å². The first-order chi connectivity index (χ1) is 11.6. The molecule has 0 bridgehead atoms. The third-order valence-corrected chi connectivity index (χ3v) is 6.75. The third-order valence-electron chi connectivity index (χ3n) is 5.25. The van der Waals surface area contributed by atoms with Gasteiger partial charge in [-0.15, -0.1) is 11.3 Å². The van der Waals surface area contributed by atoms with Crippen molar-refractivity contribution in [2.45, 2.75) is 44.6 Å². The Morgan fingerprint density at radius 2 is 1.83 bits per heavy atom. The second kappa shape index (κ2) is 6.84. The number of aliphatic hydroxyl groups excluding tert-OH is 1. The predicted octanol–water partition coefficient (Wildman–Crippen LogP) is 7.37. The Bertz CT molecular complexity index is 880. The minimum atomic E-state index is -0.426. The molecule has 1 saturated carbocycles. The molecular formula is C20H20Cl2OS. The molecule has 0 aliphatic heterocycles. The van der Waals surface area contributed by atoms with Gasteiger partial charge in [-0.05, 0) is 52.9 Å². The first-order valence-corrected chi connectivity index (χ1v) is 10.2. The fourth-order valence-corrected chi connectivity index (χ4v) is 5.56. The molecule has 126 valence electrons. The second-order valence-corrected chi connectivity index (χ2v) is 8.63. The summed E-state index contributed by atoms with van der Waals surface area (Å²) in [4.78, 5) is 0. The minimum absolute atomic E-state index is 0.426. The fourth-order valence-electron chi connectivity index (χ4n) is 4.03. The van der Waals surface area contributed by atoms with E-state index >= 15 is 0 Å². The first kappa shape index (κ1) is 16.7. The van der Waals surface area contributed by atoms with Gasteiger partial charge in [0, 0.05) is 25.5 Å². The summed E-state index contributed by atoms with van der Waals surface area (Å²) in [5.74, 6) is 0.639. The molecular weight excluding hydrogens is 359 g/mol. The first-order valence-electron chi connectivity index (χ1n) is 8.60. The molecule has 1 aromatic heterocycles. The van der Waals surface area contributed by atoms with Crippen molar-refractivity contribution in [2.75, 3.05) is 0 Å². The highest BCUT2D eigenvalue weighted by molar-refractivity contribution is 7.17. The van der Waals surface area contributed by atoms with Gasteiger partial charge in [0.15, 0.2) is 0 Å². The smallest absolute Gasteiger partial charge is 0.0806 e. The van der Waals surface area contributed by atoms with E-state index in [1.807, 2.05) is 6.07 Å². The van der Waals surface area contributed by atoms with Crippen LogP contribution in [0.2, 0.25) is 10.0 Å². The molecule has 1 unspecified atom stereocenters. The fraction of sp³-hybridized carbons (Fsp3) is 0.400. The Labute approximate surface area is 156 Å². The van der Waals surface area contributed by atoms with E-state index < -0.39 is 6.10 Å². The van der Waals surface area contributed by atoms with Gasteiger partial charge in [0.25, 0.3) is 0 Å². The molecule has 4 rings (SSSR count). The molecule has 1 aliphatic rings. The summed E-state index contributed by atoms with van der Waals surface area (Å²) in [5.41, 5.74) is 1.02. The van der Waals surface area contributed by atoms with Crippen LogP contribution < -0.4 is 0 Å². The van der Waals surface area contributed by atoms with Gasteiger partial charge in [0.2, 0.25) is 0 Å². The van der Waals surface area contributed by atoms with Gasteiger partial charge in [0.1, 0.15) is 0 Å². The number of aliphatic hydroxyl groups is 1. The molecule has 1 fully saturated rings. The summed E-state index contributed by atoms with van der Waals surface area (Å²) in [6.07, 6.45) is 6.85. The lowest BCUT2D eigenvalue weighted by Crippen LogP contribution is -2.11. The number of fused-ring (bicyclic) bond motifs is 3. The molecule has 0 radical (unpaired) electrons. The maximum absolute atomic E-state index is 10.9. The average Bonchev–Trinajstić information content (AvgIpc) is 3.05. The van der Waals surface area contributed by atoms with Gasteiger partial charge in [-0.1, -0.05) is 55.3 Å². The molecule has 1 nitrogen and oxygen atoms in total. The predicted molar refractivity (Wildman–Crippen MR) is 106 cm³/mol.